The van der Waals surface area contributed by atoms with Crippen LogP contribution in [0.3, 0.4) is 0 Å². The second-order valence-corrected chi connectivity index (χ2v) is 5.19. The smallest absolute Gasteiger partial charge is 0.311 e. The number of aryl methyl sites for hydroxylation is 1. The third-order valence-electron chi connectivity index (χ3n) is 2.75. The number of rotatable bonds is 4. The average molecular weight is 291 g/mol. The van der Waals surface area contributed by atoms with E-state index in [0.29, 0.717) is 12.4 Å². The molecule has 0 aromatic carbocycles. The highest BCUT2D eigenvalue weighted by Gasteiger charge is 2.08. The fourth-order valence-corrected chi connectivity index (χ4v) is 2.55. The molecule has 0 aliphatic carbocycles. The van der Waals surface area contributed by atoms with Crippen LogP contribution in [0.15, 0.2) is 28.7 Å². The van der Waals surface area contributed by atoms with Crippen LogP contribution >= 0.6 is 11.3 Å². The van der Waals surface area contributed by atoms with E-state index in [-0.39, 0.29) is 12.4 Å². The van der Waals surface area contributed by atoms with E-state index < -0.39 is 0 Å². The van der Waals surface area contributed by atoms with E-state index in [4.69, 9.17) is 4.74 Å². The Labute approximate surface area is 121 Å². The zero-order valence-electron chi connectivity index (χ0n) is 11.8. The number of nitrogens with zero attached hydrogens (tertiary/aromatic N) is 3. The number of carbonyl (C=O) groups is 1. The molecule has 0 aliphatic rings. The molecule has 0 fully saturated rings. The van der Waals surface area contributed by atoms with Crippen molar-refractivity contribution in [3.05, 3.63) is 39.8 Å². The molecule has 0 atom stereocenters. The first-order chi connectivity index (χ1) is 9.60. The predicted octanol–water partition coefficient (Wildman–Crippen LogP) is 2.13. The molecule has 0 amide bonds. The minimum Gasteiger partial charge on any atom is -0.466 e. The Morgan fingerprint density at radius 2 is 2.30 bits per heavy atom. The number of hydrogen-bond acceptors (Lipinski definition) is 5. The molecular weight excluding hydrogens is 274 g/mol. The van der Waals surface area contributed by atoms with Crippen LogP contribution in [0.2, 0.25) is 0 Å². The molecule has 2 rings (SSSR count). The van der Waals surface area contributed by atoms with Crippen LogP contribution in [0, 0.1) is 6.92 Å². The van der Waals surface area contributed by atoms with Crippen molar-refractivity contribution in [1.82, 2.24) is 9.55 Å². The number of carbonyl (C=O) groups excluding carboxylic acids is 1. The molecule has 0 unspecified atom stereocenters. The van der Waals surface area contributed by atoms with Gasteiger partial charge >= 0.3 is 5.97 Å². The molecule has 0 aliphatic heterocycles. The molecule has 0 saturated carbocycles. The van der Waals surface area contributed by atoms with Crippen molar-refractivity contribution in [1.29, 1.82) is 0 Å². The van der Waals surface area contributed by atoms with Crippen LogP contribution in [-0.4, -0.2) is 22.1 Å². The third-order valence-corrected chi connectivity index (χ3v) is 3.72. The second kappa shape index (κ2) is 6.47. The van der Waals surface area contributed by atoms with E-state index in [0.717, 1.165) is 16.1 Å². The molecule has 2 aromatic heterocycles. The minimum absolute atomic E-state index is 0.221. The number of pyridine rings is 1. The SMILES string of the molecule is CCOC(=O)Cc1csc(=Nc2ccc(C)cn2)n1C. The molecule has 0 bridgehead atoms. The van der Waals surface area contributed by atoms with Gasteiger partial charge in [-0.15, -0.1) is 11.3 Å². The average Bonchev–Trinajstić information content (AvgIpc) is 2.74. The number of thiazole rings is 1. The standard InChI is InChI=1S/C14H17N3O2S/c1-4-19-13(18)7-11-9-20-14(17(11)3)16-12-6-5-10(2)8-15-12/h5-6,8-9H,4,7H2,1-3H3. The lowest BCUT2D eigenvalue weighted by atomic mass is 10.3. The lowest BCUT2D eigenvalue weighted by molar-refractivity contribution is -0.142. The van der Waals surface area contributed by atoms with Gasteiger partial charge in [0.2, 0.25) is 0 Å². The quantitative estimate of drug-likeness (QED) is 0.811. The second-order valence-electron chi connectivity index (χ2n) is 4.36. The molecule has 2 aromatic rings. The first-order valence-corrected chi connectivity index (χ1v) is 7.24. The maximum atomic E-state index is 11.5. The van der Waals surface area contributed by atoms with Crippen molar-refractivity contribution in [2.45, 2.75) is 20.3 Å². The summed E-state index contributed by atoms with van der Waals surface area (Å²) < 4.78 is 6.84. The molecule has 0 saturated heterocycles. The van der Waals surface area contributed by atoms with Gasteiger partial charge < -0.3 is 9.30 Å². The Balaban J connectivity index is 2.24. The van der Waals surface area contributed by atoms with Gasteiger partial charge in [-0.3, -0.25) is 4.79 Å². The van der Waals surface area contributed by atoms with Crippen molar-refractivity contribution >= 4 is 23.1 Å². The Bertz CT molecular complexity index is 656. The maximum absolute atomic E-state index is 11.5. The summed E-state index contributed by atoms with van der Waals surface area (Å²) in [5.74, 6) is 0.441. The fraction of sp³-hybridized carbons (Fsp3) is 0.357. The normalized spacial score (nSPS) is 11.7. The van der Waals surface area contributed by atoms with Crippen LogP contribution in [0.25, 0.3) is 0 Å². The largest absolute Gasteiger partial charge is 0.466 e. The monoisotopic (exact) mass is 291 g/mol. The molecular formula is C14H17N3O2S. The van der Waals surface area contributed by atoms with Gasteiger partial charge in [0, 0.05) is 24.3 Å². The lowest BCUT2D eigenvalue weighted by Crippen LogP contribution is -2.16. The van der Waals surface area contributed by atoms with Crippen LogP contribution in [0.4, 0.5) is 5.82 Å². The summed E-state index contributed by atoms with van der Waals surface area (Å²) in [4.78, 5) is 21.0. The summed E-state index contributed by atoms with van der Waals surface area (Å²) in [5.41, 5.74) is 1.99. The van der Waals surface area contributed by atoms with Crippen LogP contribution in [0.1, 0.15) is 18.2 Å². The summed E-state index contributed by atoms with van der Waals surface area (Å²) in [6.07, 6.45) is 2.05. The lowest BCUT2D eigenvalue weighted by Gasteiger charge is -2.02. The molecule has 0 radical (unpaired) electrons. The van der Waals surface area contributed by atoms with Crippen molar-refractivity contribution < 1.29 is 9.53 Å². The van der Waals surface area contributed by atoms with Crippen LogP contribution < -0.4 is 4.80 Å². The number of ether oxygens (including phenoxy) is 1. The molecule has 2 heterocycles. The van der Waals surface area contributed by atoms with Gasteiger partial charge in [0.1, 0.15) is 0 Å². The fourth-order valence-electron chi connectivity index (χ4n) is 1.65. The van der Waals surface area contributed by atoms with Crippen LogP contribution in [0.5, 0.6) is 0 Å². The van der Waals surface area contributed by atoms with Gasteiger partial charge in [-0.25, -0.2) is 9.98 Å². The van der Waals surface area contributed by atoms with Gasteiger partial charge in [-0.05, 0) is 25.5 Å². The first-order valence-electron chi connectivity index (χ1n) is 6.36. The molecule has 0 N–H and O–H groups in total. The van der Waals surface area contributed by atoms with E-state index in [1.54, 1.807) is 13.1 Å². The minimum atomic E-state index is -0.221. The van der Waals surface area contributed by atoms with E-state index in [1.165, 1.54) is 11.3 Å². The zero-order valence-corrected chi connectivity index (χ0v) is 12.6. The van der Waals surface area contributed by atoms with Gasteiger partial charge in [0.15, 0.2) is 10.6 Å². The van der Waals surface area contributed by atoms with Crippen molar-refractivity contribution in [3.8, 4) is 0 Å². The van der Waals surface area contributed by atoms with E-state index in [2.05, 4.69) is 9.98 Å². The topological polar surface area (TPSA) is 56.5 Å². The van der Waals surface area contributed by atoms with Crippen molar-refractivity contribution in [2.75, 3.05) is 6.61 Å². The number of hydrogen-bond donors (Lipinski definition) is 0. The van der Waals surface area contributed by atoms with Gasteiger partial charge in [0.05, 0.1) is 13.0 Å². The van der Waals surface area contributed by atoms with Crippen molar-refractivity contribution in [2.24, 2.45) is 12.0 Å². The Hall–Kier alpha value is -1.95. The molecule has 0 spiro atoms. The Morgan fingerprint density at radius 3 is 2.95 bits per heavy atom. The molecule has 20 heavy (non-hydrogen) atoms. The molecule has 6 heteroatoms. The number of aromatic nitrogens is 2. The Morgan fingerprint density at radius 1 is 1.50 bits per heavy atom. The van der Waals surface area contributed by atoms with E-state index >= 15 is 0 Å². The summed E-state index contributed by atoms with van der Waals surface area (Å²) in [5, 5.41) is 1.92. The highest BCUT2D eigenvalue weighted by molar-refractivity contribution is 7.07. The molecule has 106 valence electrons. The third kappa shape index (κ3) is 3.54. The highest BCUT2D eigenvalue weighted by Crippen LogP contribution is 2.09. The summed E-state index contributed by atoms with van der Waals surface area (Å²) in [6, 6.07) is 3.85. The van der Waals surface area contributed by atoms with E-state index in [9.17, 15) is 4.79 Å². The van der Waals surface area contributed by atoms with Gasteiger partial charge in [0.25, 0.3) is 0 Å². The highest BCUT2D eigenvalue weighted by atomic mass is 32.1. The summed E-state index contributed by atoms with van der Waals surface area (Å²) in [6.45, 7) is 4.19. The summed E-state index contributed by atoms with van der Waals surface area (Å²) >= 11 is 1.48. The first kappa shape index (κ1) is 14.5. The zero-order chi connectivity index (χ0) is 14.5. The van der Waals surface area contributed by atoms with E-state index in [1.807, 2.05) is 36.1 Å². The maximum Gasteiger partial charge on any atom is 0.311 e. The predicted molar refractivity (Wildman–Crippen MR) is 77.8 cm³/mol. The van der Waals surface area contributed by atoms with Gasteiger partial charge in [-0.2, -0.15) is 0 Å². The molecule has 5 nitrogen and oxygen atoms in total. The number of esters is 1. The summed E-state index contributed by atoms with van der Waals surface area (Å²) in [7, 11) is 1.89. The van der Waals surface area contributed by atoms with Gasteiger partial charge in [-0.1, -0.05) is 6.07 Å². The Kier molecular flexibility index (Phi) is 4.68. The van der Waals surface area contributed by atoms with Crippen molar-refractivity contribution in [3.63, 3.8) is 0 Å². The van der Waals surface area contributed by atoms with Crippen LogP contribution in [-0.2, 0) is 23.0 Å².